The van der Waals surface area contributed by atoms with Crippen molar-refractivity contribution in [2.24, 2.45) is 0 Å². The third-order valence-electron chi connectivity index (χ3n) is 2.19. The average molecular weight is 238 g/mol. The number of aromatic hydroxyl groups is 3. The van der Waals surface area contributed by atoms with E-state index in [1.165, 1.54) is 19.1 Å². The number of ether oxygens (including phenoxy) is 1. The second kappa shape index (κ2) is 4.78. The highest BCUT2D eigenvalue weighted by atomic mass is 16.5. The normalized spacial score (nSPS) is 11.9. The second-order valence-electron chi connectivity index (χ2n) is 3.74. The molecule has 5 heteroatoms. The van der Waals surface area contributed by atoms with E-state index >= 15 is 0 Å². The lowest BCUT2D eigenvalue weighted by atomic mass is 10.1. The van der Waals surface area contributed by atoms with Gasteiger partial charge in [0.05, 0.1) is 0 Å². The smallest absolute Gasteiger partial charge is 0.333 e. The summed E-state index contributed by atoms with van der Waals surface area (Å²) in [6.07, 6.45) is -0.670. The molecule has 1 aromatic rings. The highest BCUT2D eigenvalue weighted by molar-refractivity contribution is 5.87. The third kappa shape index (κ3) is 2.90. The van der Waals surface area contributed by atoms with Gasteiger partial charge in [-0.25, -0.2) is 4.79 Å². The zero-order chi connectivity index (χ0) is 13.2. The molecule has 0 saturated heterocycles. The molecule has 1 atom stereocenters. The summed E-state index contributed by atoms with van der Waals surface area (Å²) in [6, 6.07) is 2.43. The lowest BCUT2D eigenvalue weighted by Crippen LogP contribution is -2.09. The molecule has 3 N–H and O–H groups in total. The first-order valence-electron chi connectivity index (χ1n) is 4.94. The van der Waals surface area contributed by atoms with Gasteiger partial charge in [0, 0.05) is 5.57 Å². The van der Waals surface area contributed by atoms with Crippen molar-refractivity contribution < 1.29 is 24.9 Å². The zero-order valence-corrected chi connectivity index (χ0v) is 9.60. The molecule has 1 aromatic carbocycles. The van der Waals surface area contributed by atoms with Crippen LogP contribution in [-0.2, 0) is 9.53 Å². The number of benzene rings is 1. The van der Waals surface area contributed by atoms with Gasteiger partial charge in [-0.3, -0.25) is 0 Å². The molecular weight excluding hydrogens is 224 g/mol. The van der Waals surface area contributed by atoms with E-state index in [-0.39, 0.29) is 5.57 Å². The minimum atomic E-state index is -0.670. The Kier molecular flexibility index (Phi) is 3.62. The minimum Gasteiger partial charge on any atom is -0.504 e. The van der Waals surface area contributed by atoms with E-state index in [1.54, 1.807) is 6.92 Å². The molecule has 0 amide bonds. The number of hydrogen-bond acceptors (Lipinski definition) is 5. The van der Waals surface area contributed by atoms with Crippen LogP contribution in [0.15, 0.2) is 24.3 Å². The number of hydrogen-bond donors (Lipinski definition) is 3. The topological polar surface area (TPSA) is 87.0 Å². The number of carbonyl (C=O) groups is 1. The molecule has 92 valence electrons. The molecule has 0 fully saturated rings. The lowest BCUT2D eigenvalue weighted by molar-refractivity contribution is -0.143. The van der Waals surface area contributed by atoms with E-state index in [1.807, 2.05) is 0 Å². The molecule has 0 radical (unpaired) electrons. The molecule has 0 heterocycles. The van der Waals surface area contributed by atoms with Crippen molar-refractivity contribution in [3.05, 3.63) is 29.8 Å². The molecule has 0 aromatic heterocycles. The fourth-order valence-corrected chi connectivity index (χ4v) is 1.19. The van der Waals surface area contributed by atoms with Crippen molar-refractivity contribution in [2.45, 2.75) is 20.0 Å². The Morgan fingerprint density at radius 3 is 2.18 bits per heavy atom. The summed E-state index contributed by atoms with van der Waals surface area (Å²) in [5.41, 5.74) is 0.622. The van der Waals surface area contributed by atoms with Crippen molar-refractivity contribution in [2.75, 3.05) is 0 Å². The maximum atomic E-state index is 11.3. The Balaban J connectivity index is 2.93. The highest BCUT2D eigenvalue weighted by Gasteiger charge is 2.16. The van der Waals surface area contributed by atoms with Crippen molar-refractivity contribution in [3.63, 3.8) is 0 Å². The van der Waals surface area contributed by atoms with Crippen molar-refractivity contribution in [1.29, 1.82) is 0 Å². The molecule has 1 rings (SSSR count). The quantitative estimate of drug-likeness (QED) is 0.426. The van der Waals surface area contributed by atoms with Gasteiger partial charge in [-0.15, -0.1) is 0 Å². The van der Waals surface area contributed by atoms with Gasteiger partial charge in [-0.1, -0.05) is 6.58 Å². The fraction of sp³-hybridized carbons (Fsp3) is 0.250. The highest BCUT2D eigenvalue weighted by Crippen LogP contribution is 2.37. The molecule has 0 bridgehead atoms. The number of phenols is 3. The molecule has 0 saturated carbocycles. The van der Waals surface area contributed by atoms with Gasteiger partial charge in [0.15, 0.2) is 17.2 Å². The summed E-state index contributed by atoms with van der Waals surface area (Å²) in [7, 11) is 0. The molecule has 0 aliphatic rings. The minimum absolute atomic E-state index is 0.254. The van der Waals surface area contributed by atoms with E-state index in [0.717, 1.165) is 0 Å². The summed E-state index contributed by atoms with van der Waals surface area (Å²) in [5, 5.41) is 27.8. The van der Waals surface area contributed by atoms with Crippen LogP contribution in [0.2, 0.25) is 0 Å². The molecule has 17 heavy (non-hydrogen) atoms. The van der Waals surface area contributed by atoms with Gasteiger partial charge in [-0.05, 0) is 31.5 Å². The van der Waals surface area contributed by atoms with Crippen LogP contribution >= 0.6 is 0 Å². The fourth-order valence-electron chi connectivity index (χ4n) is 1.19. The van der Waals surface area contributed by atoms with Crippen molar-refractivity contribution in [3.8, 4) is 17.2 Å². The number of phenolic OH excluding ortho intramolecular Hbond substituents is 3. The molecule has 0 aliphatic heterocycles. The molecule has 1 unspecified atom stereocenters. The van der Waals surface area contributed by atoms with Crippen LogP contribution in [0, 0.1) is 0 Å². The van der Waals surface area contributed by atoms with Gasteiger partial charge in [-0.2, -0.15) is 0 Å². The maximum Gasteiger partial charge on any atom is 0.333 e. The number of esters is 1. The van der Waals surface area contributed by atoms with Crippen LogP contribution in [0.3, 0.4) is 0 Å². The largest absolute Gasteiger partial charge is 0.504 e. The van der Waals surface area contributed by atoms with Crippen LogP contribution in [0.5, 0.6) is 17.2 Å². The van der Waals surface area contributed by atoms with Crippen LogP contribution in [0.1, 0.15) is 25.5 Å². The van der Waals surface area contributed by atoms with Gasteiger partial charge >= 0.3 is 5.97 Å². The molecule has 0 aliphatic carbocycles. The summed E-state index contributed by atoms with van der Waals surface area (Å²) >= 11 is 0. The van der Waals surface area contributed by atoms with Gasteiger partial charge in [0.1, 0.15) is 6.10 Å². The summed E-state index contributed by atoms with van der Waals surface area (Å²) in [6.45, 7) is 6.53. The standard InChI is InChI=1S/C12H14O5/c1-6(2)12(16)17-7(3)8-4-9(13)11(15)10(14)5-8/h4-5,7,13-15H,1H2,2-3H3. The predicted molar refractivity (Wildman–Crippen MR) is 60.8 cm³/mol. The lowest BCUT2D eigenvalue weighted by Gasteiger charge is -2.14. The van der Waals surface area contributed by atoms with E-state index in [4.69, 9.17) is 9.84 Å². The number of rotatable bonds is 3. The maximum absolute atomic E-state index is 11.3. The van der Waals surface area contributed by atoms with Crippen LogP contribution in [0.25, 0.3) is 0 Å². The summed E-state index contributed by atoms with van der Waals surface area (Å²) in [4.78, 5) is 11.3. The molecule has 5 nitrogen and oxygen atoms in total. The van der Waals surface area contributed by atoms with E-state index in [2.05, 4.69) is 6.58 Å². The van der Waals surface area contributed by atoms with E-state index in [9.17, 15) is 15.0 Å². The third-order valence-corrected chi connectivity index (χ3v) is 2.19. The van der Waals surface area contributed by atoms with Crippen LogP contribution in [-0.4, -0.2) is 21.3 Å². The van der Waals surface area contributed by atoms with E-state index in [0.29, 0.717) is 5.56 Å². The van der Waals surface area contributed by atoms with Gasteiger partial charge < -0.3 is 20.1 Å². The monoisotopic (exact) mass is 238 g/mol. The zero-order valence-electron chi connectivity index (χ0n) is 9.60. The first-order valence-corrected chi connectivity index (χ1v) is 4.94. The van der Waals surface area contributed by atoms with Crippen LogP contribution < -0.4 is 0 Å². The molecular formula is C12H14O5. The van der Waals surface area contributed by atoms with Gasteiger partial charge in [0.2, 0.25) is 0 Å². The second-order valence-corrected chi connectivity index (χ2v) is 3.74. The summed E-state index contributed by atoms with van der Waals surface area (Å²) < 4.78 is 5.01. The SMILES string of the molecule is C=C(C)C(=O)OC(C)c1cc(O)c(O)c(O)c1. The Labute approximate surface area is 98.6 Å². The summed E-state index contributed by atoms with van der Waals surface area (Å²) in [5.74, 6) is -2.12. The Morgan fingerprint density at radius 2 is 1.76 bits per heavy atom. The van der Waals surface area contributed by atoms with Gasteiger partial charge in [0.25, 0.3) is 0 Å². The van der Waals surface area contributed by atoms with Crippen molar-refractivity contribution in [1.82, 2.24) is 0 Å². The first kappa shape index (κ1) is 12.9. The Hall–Kier alpha value is -2.17. The molecule has 0 spiro atoms. The van der Waals surface area contributed by atoms with E-state index < -0.39 is 29.3 Å². The average Bonchev–Trinajstić information content (AvgIpc) is 2.24. The van der Waals surface area contributed by atoms with Crippen LogP contribution in [0.4, 0.5) is 0 Å². The Bertz CT molecular complexity index is 441. The Morgan fingerprint density at radius 1 is 1.29 bits per heavy atom. The van der Waals surface area contributed by atoms with Crippen molar-refractivity contribution >= 4 is 5.97 Å². The first-order chi connectivity index (χ1) is 7.82. The number of carbonyl (C=O) groups excluding carboxylic acids is 1. The predicted octanol–water partition coefficient (Wildman–Crippen LogP) is 1.98.